The minimum Gasteiger partial charge on any atom is -0.326 e. The van der Waals surface area contributed by atoms with Crippen molar-refractivity contribution in [2.24, 2.45) is 11.7 Å². The van der Waals surface area contributed by atoms with Crippen molar-refractivity contribution < 1.29 is 0 Å². The van der Waals surface area contributed by atoms with Gasteiger partial charge in [-0.05, 0) is 31.4 Å². The lowest BCUT2D eigenvalue weighted by molar-refractivity contribution is 0.319. The molecule has 2 unspecified atom stereocenters. The lowest BCUT2D eigenvalue weighted by Crippen LogP contribution is -2.28. The second-order valence-electron chi connectivity index (χ2n) is 4.77. The molecule has 0 aliphatic carbocycles. The second-order valence-corrected chi connectivity index (χ2v) is 6.23. The quantitative estimate of drug-likeness (QED) is 0.834. The van der Waals surface area contributed by atoms with Crippen LogP contribution in [-0.4, -0.2) is 24.0 Å². The summed E-state index contributed by atoms with van der Waals surface area (Å²) in [6.45, 7) is 9.92. The molecule has 0 amide bonds. The molecule has 1 aliphatic heterocycles. The lowest BCUT2D eigenvalue weighted by Gasteiger charge is -2.14. The molecule has 2 nitrogen and oxygen atoms in total. The van der Waals surface area contributed by atoms with Crippen LogP contribution in [0.15, 0.2) is 6.07 Å². The molecule has 1 aromatic rings. The Morgan fingerprint density at radius 2 is 2.20 bits per heavy atom. The first-order valence-electron chi connectivity index (χ1n) is 5.60. The summed E-state index contributed by atoms with van der Waals surface area (Å²) in [5, 5.41) is 0. The van der Waals surface area contributed by atoms with Gasteiger partial charge in [-0.25, -0.2) is 0 Å². The normalized spacial score (nSPS) is 27.5. The molecular formula is C12H20N2S. The fraction of sp³-hybridized carbons (Fsp3) is 0.667. The number of nitrogens with zero attached hydrogens (tertiary/aromatic N) is 1. The third kappa shape index (κ3) is 2.41. The number of hydrogen-bond donors (Lipinski definition) is 1. The molecule has 1 aliphatic rings. The van der Waals surface area contributed by atoms with Gasteiger partial charge in [-0.1, -0.05) is 6.92 Å². The van der Waals surface area contributed by atoms with E-state index in [0.717, 1.165) is 19.6 Å². The van der Waals surface area contributed by atoms with Gasteiger partial charge in [0.25, 0.3) is 0 Å². The maximum absolute atomic E-state index is 6.03. The van der Waals surface area contributed by atoms with Crippen LogP contribution in [0.2, 0.25) is 0 Å². The van der Waals surface area contributed by atoms with Gasteiger partial charge in [0.15, 0.2) is 0 Å². The van der Waals surface area contributed by atoms with Crippen molar-refractivity contribution in [3.8, 4) is 0 Å². The van der Waals surface area contributed by atoms with Crippen molar-refractivity contribution in [1.82, 2.24) is 4.90 Å². The minimum atomic E-state index is 0.366. The molecule has 0 radical (unpaired) electrons. The van der Waals surface area contributed by atoms with E-state index in [-0.39, 0.29) is 0 Å². The van der Waals surface area contributed by atoms with Crippen LogP contribution in [0.3, 0.4) is 0 Å². The van der Waals surface area contributed by atoms with Gasteiger partial charge in [0, 0.05) is 35.4 Å². The molecular weight excluding hydrogens is 204 g/mol. The zero-order valence-electron chi connectivity index (χ0n) is 9.79. The van der Waals surface area contributed by atoms with Crippen LogP contribution in [0, 0.1) is 19.8 Å². The van der Waals surface area contributed by atoms with Crippen LogP contribution in [0.1, 0.15) is 22.2 Å². The first-order valence-corrected chi connectivity index (χ1v) is 6.41. The van der Waals surface area contributed by atoms with Crippen LogP contribution in [0.25, 0.3) is 0 Å². The Kier molecular flexibility index (Phi) is 3.14. The average molecular weight is 224 g/mol. The molecule has 0 saturated carbocycles. The predicted octanol–water partition coefficient (Wildman–Crippen LogP) is 2.14. The Balaban J connectivity index is 2.01. The molecule has 3 heteroatoms. The van der Waals surface area contributed by atoms with Crippen LogP contribution in [0.4, 0.5) is 0 Å². The predicted molar refractivity (Wildman–Crippen MR) is 66.2 cm³/mol. The summed E-state index contributed by atoms with van der Waals surface area (Å²) in [5.41, 5.74) is 7.51. The van der Waals surface area contributed by atoms with Gasteiger partial charge in [-0.3, -0.25) is 4.90 Å². The Morgan fingerprint density at radius 3 is 2.67 bits per heavy atom. The van der Waals surface area contributed by atoms with E-state index >= 15 is 0 Å². The molecule has 15 heavy (non-hydrogen) atoms. The fourth-order valence-electron chi connectivity index (χ4n) is 2.31. The van der Waals surface area contributed by atoms with E-state index in [1.807, 2.05) is 11.3 Å². The number of thiophene rings is 1. The van der Waals surface area contributed by atoms with Gasteiger partial charge in [0.2, 0.25) is 0 Å². The van der Waals surface area contributed by atoms with Crippen molar-refractivity contribution in [2.75, 3.05) is 13.1 Å². The number of nitrogens with two attached hydrogens (primary N) is 1. The third-order valence-electron chi connectivity index (χ3n) is 3.28. The molecule has 1 saturated heterocycles. The molecule has 2 heterocycles. The van der Waals surface area contributed by atoms with Crippen molar-refractivity contribution in [1.29, 1.82) is 0 Å². The van der Waals surface area contributed by atoms with Gasteiger partial charge in [-0.15, -0.1) is 11.3 Å². The SMILES string of the molecule is Cc1cc(CN2CC(C)C(N)C2)c(C)s1. The number of aryl methyl sites for hydroxylation is 2. The number of likely N-dealkylation sites (tertiary alicyclic amines) is 1. The topological polar surface area (TPSA) is 29.3 Å². The molecule has 2 atom stereocenters. The van der Waals surface area contributed by atoms with Crippen LogP contribution < -0.4 is 5.73 Å². The Bertz CT molecular complexity index is 335. The third-order valence-corrected chi connectivity index (χ3v) is 4.29. The molecule has 84 valence electrons. The fourth-order valence-corrected chi connectivity index (χ4v) is 3.24. The highest BCUT2D eigenvalue weighted by Crippen LogP contribution is 2.24. The van der Waals surface area contributed by atoms with E-state index < -0.39 is 0 Å². The summed E-state index contributed by atoms with van der Waals surface area (Å²) in [6.07, 6.45) is 0. The molecule has 1 fully saturated rings. The maximum atomic E-state index is 6.03. The first kappa shape index (κ1) is 11.1. The Labute approximate surface area is 96.1 Å². The standard InChI is InChI=1S/C12H20N2S/c1-8-5-14(7-12(8)13)6-11-4-9(2)15-10(11)3/h4,8,12H,5-7,13H2,1-3H3. The van der Waals surface area contributed by atoms with Crippen LogP contribution >= 0.6 is 11.3 Å². The van der Waals surface area contributed by atoms with Crippen molar-refractivity contribution in [3.05, 3.63) is 21.4 Å². The summed E-state index contributed by atoms with van der Waals surface area (Å²) in [7, 11) is 0. The number of hydrogen-bond acceptors (Lipinski definition) is 3. The van der Waals surface area contributed by atoms with Crippen molar-refractivity contribution in [3.63, 3.8) is 0 Å². The van der Waals surface area contributed by atoms with E-state index in [2.05, 4.69) is 31.7 Å². The van der Waals surface area contributed by atoms with Gasteiger partial charge in [0.1, 0.15) is 0 Å². The van der Waals surface area contributed by atoms with E-state index in [1.54, 1.807) is 0 Å². The largest absolute Gasteiger partial charge is 0.326 e. The highest BCUT2D eigenvalue weighted by Gasteiger charge is 2.26. The van der Waals surface area contributed by atoms with E-state index in [1.165, 1.54) is 15.3 Å². The summed E-state index contributed by atoms with van der Waals surface area (Å²) in [6, 6.07) is 2.68. The molecule has 0 aromatic carbocycles. The Hall–Kier alpha value is -0.380. The maximum Gasteiger partial charge on any atom is 0.0245 e. The van der Waals surface area contributed by atoms with Gasteiger partial charge >= 0.3 is 0 Å². The minimum absolute atomic E-state index is 0.366. The molecule has 0 spiro atoms. The van der Waals surface area contributed by atoms with E-state index in [9.17, 15) is 0 Å². The Morgan fingerprint density at radius 1 is 1.47 bits per heavy atom. The second kappa shape index (κ2) is 4.24. The summed E-state index contributed by atoms with van der Waals surface area (Å²) >= 11 is 1.90. The van der Waals surface area contributed by atoms with Crippen molar-refractivity contribution >= 4 is 11.3 Å². The molecule has 2 rings (SSSR count). The van der Waals surface area contributed by atoms with Gasteiger partial charge in [-0.2, -0.15) is 0 Å². The summed E-state index contributed by atoms with van der Waals surface area (Å²) in [5.74, 6) is 0.644. The van der Waals surface area contributed by atoms with Crippen LogP contribution in [0.5, 0.6) is 0 Å². The van der Waals surface area contributed by atoms with E-state index in [0.29, 0.717) is 12.0 Å². The van der Waals surface area contributed by atoms with Crippen molar-refractivity contribution in [2.45, 2.75) is 33.4 Å². The van der Waals surface area contributed by atoms with E-state index in [4.69, 9.17) is 5.73 Å². The number of rotatable bonds is 2. The zero-order valence-corrected chi connectivity index (χ0v) is 10.6. The first-order chi connectivity index (χ1) is 7.06. The molecule has 2 N–H and O–H groups in total. The lowest BCUT2D eigenvalue weighted by atomic mass is 10.1. The average Bonchev–Trinajstić information content (AvgIpc) is 2.59. The summed E-state index contributed by atoms with van der Waals surface area (Å²) in [4.78, 5) is 5.35. The highest BCUT2D eigenvalue weighted by atomic mass is 32.1. The smallest absolute Gasteiger partial charge is 0.0245 e. The van der Waals surface area contributed by atoms with Gasteiger partial charge < -0.3 is 5.73 Å². The monoisotopic (exact) mass is 224 g/mol. The summed E-state index contributed by atoms with van der Waals surface area (Å²) < 4.78 is 0. The molecule has 1 aromatic heterocycles. The molecule has 0 bridgehead atoms. The van der Waals surface area contributed by atoms with Crippen LogP contribution in [-0.2, 0) is 6.54 Å². The highest BCUT2D eigenvalue weighted by molar-refractivity contribution is 7.12. The zero-order chi connectivity index (χ0) is 11.0. The van der Waals surface area contributed by atoms with Gasteiger partial charge in [0.05, 0.1) is 0 Å².